The van der Waals surface area contributed by atoms with Crippen LogP contribution in [-0.2, 0) is 33.5 Å². The number of hydrogen-bond acceptors (Lipinski definition) is 5. The van der Waals surface area contributed by atoms with E-state index in [2.05, 4.69) is 22.3 Å². The standard InChI is InChI=1S/C26H28N2O4S/c1-31-24-14-12-22(13-15-24)19-33(29,30)28-25(17-21-10-6-3-7-11-21)26-18-23(27-32-26)16-20-8-4-2-5-9-20/h2-15,18,25-28H,16-17,19H2,1H3. The number of allylic oxidation sites excluding steroid dienone is 1. The number of ether oxygens (including phenoxy) is 1. The predicted octanol–water partition coefficient (Wildman–Crippen LogP) is 3.76. The molecule has 4 rings (SSSR count). The normalized spacial score (nSPS) is 16.6. The van der Waals surface area contributed by atoms with Crippen LogP contribution in [0.15, 0.2) is 96.7 Å². The Morgan fingerprint density at radius 2 is 1.55 bits per heavy atom. The minimum atomic E-state index is -3.62. The molecule has 2 unspecified atom stereocenters. The average Bonchev–Trinajstić information content (AvgIpc) is 3.28. The molecule has 0 amide bonds. The minimum absolute atomic E-state index is 0.122. The van der Waals surface area contributed by atoms with E-state index in [0.29, 0.717) is 24.2 Å². The maximum atomic E-state index is 13.0. The van der Waals surface area contributed by atoms with Gasteiger partial charge in [-0.25, -0.2) is 13.1 Å². The van der Waals surface area contributed by atoms with Crippen LogP contribution in [-0.4, -0.2) is 27.7 Å². The highest BCUT2D eigenvalue weighted by Crippen LogP contribution is 2.20. The fourth-order valence-electron chi connectivity index (χ4n) is 3.83. The summed E-state index contributed by atoms with van der Waals surface area (Å²) in [4.78, 5) is 5.81. The Kier molecular flexibility index (Phi) is 7.44. The van der Waals surface area contributed by atoms with Crippen LogP contribution in [0, 0.1) is 0 Å². The van der Waals surface area contributed by atoms with Crippen molar-refractivity contribution in [2.24, 2.45) is 0 Å². The first kappa shape index (κ1) is 23.0. The van der Waals surface area contributed by atoms with Gasteiger partial charge in [0.2, 0.25) is 10.0 Å². The topological polar surface area (TPSA) is 76.7 Å². The van der Waals surface area contributed by atoms with E-state index < -0.39 is 22.2 Å². The second-order valence-corrected chi connectivity index (χ2v) is 9.81. The lowest BCUT2D eigenvalue weighted by molar-refractivity contribution is 0.0248. The van der Waals surface area contributed by atoms with E-state index in [0.717, 1.165) is 16.8 Å². The third-order valence-electron chi connectivity index (χ3n) is 5.47. The molecule has 0 radical (unpaired) electrons. The third kappa shape index (κ3) is 6.68. The van der Waals surface area contributed by atoms with Crippen LogP contribution in [0.3, 0.4) is 0 Å². The summed E-state index contributed by atoms with van der Waals surface area (Å²) < 4.78 is 34.1. The van der Waals surface area contributed by atoms with E-state index in [1.807, 2.05) is 54.6 Å². The van der Waals surface area contributed by atoms with Crippen LogP contribution in [0.1, 0.15) is 16.7 Å². The lowest BCUT2D eigenvalue weighted by Gasteiger charge is -2.23. The minimum Gasteiger partial charge on any atom is -0.497 e. The monoisotopic (exact) mass is 464 g/mol. The molecule has 3 aromatic rings. The van der Waals surface area contributed by atoms with Gasteiger partial charge in [0.25, 0.3) is 0 Å². The summed E-state index contributed by atoms with van der Waals surface area (Å²) in [7, 11) is -2.04. The maximum Gasteiger partial charge on any atom is 0.216 e. The molecule has 3 aromatic carbocycles. The van der Waals surface area contributed by atoms with Gasteiger partial charge >= 0.3 is 0 Å². The zero-order chi connectivity index (χ0) is 23.1. The Labute approximate surface area is 195 Å². The van der Waals surface area contributed by atoms with Crippen LogP contribution in [0.25, 0.3) is 0 Å². The van der Waals surface area contributed by atoms with Gasteiger partial charge in [-0.2, -0.15) is 0 Å². The van der Waals surface area contributed by atoms with Crippen molar-refractivity contribution in [3.8, 4) is 5.75 Å². The largest absolute Gasteiger partial charge is 0.497 e. The Bertz CT molecular complexity index is 1160. The Morgan fingerprint density at radius 3 is 2.18 bits per heavy atom. The Morgan fingerprint density at radius 1 is 0.909 bits per heavy atom. The van der Waals surface area contributed by atoms with Gasteiger partial charge < -0.3 is 4.74 Å². The van der Waals surface area contributed by atoms with Gasteiger partial charge in [-0.1, -0.05) is 72.8 Å². The molecule has 0 aromatic heterocycles. The molecule has 0 bridgehead atoms. The van der Waals surface area contributed by atoms with Gasteiger partial charge in [0, 0.05) is 12.1 Å². The predicted molar refractivity (Wildman–Crippen MR) is 129 cm³/mol. The van der Waals surface area contributed by atoms with Crippen molar-refractivity contribution in [3.05, 3.63) is 113 Å². The molecule has 2 atom stereocenters. The Hall–Kier alpha value is -3.13. The molecule has 1 aliphatic rings. The molecular weight excluding hydrogens is 436 g/mol. The molecule has 1 aliphatic heterocycles. The molecule has 172 valence electrons. The summed E-state index contributed by atoms with van der Waals surface area (Å²) in [6, 6.07) is 26.5. The first-order chi connectivity index (χ1) is 16.0. The maximum absolute atomic E-state index is 13.0. The Balaban J connectivity index is 1.50. The van der Waals surface area contributed by atoms with Crippen LogP contribution in [0.4, 0.5) is 0 Å². The second-order valence-electron chi connectivity index (χ2n) is 8.06. The molecule has 1 heterocycles. The van der Waals surface area contributed by atoms with Crippen LogP contribution < -0.4 is 14.9 Å². The first-order valence-corrected chi connectivity index (χ1v) is 12.5. The van der Waals surface area contributed by atoms with Crippen molar-refractivity contribution in [2.45, 2.75) is 30.7 Å². The van der Waals surface area contributed by atoms with E-state index in [1.54, 1.807) is 31.4 Å². The smallest absolute Gasteiger partial charge is 0.216 e. The van der Waals surface area contributed by atoms with Crippen molar-refractivity contribution in [1.82, 2.24) is 10.2 Å². The van der Waals surface area contributed by atoms with Gasteiger partial charge in [-0.15, -0.1) is 0 Å². The SMILES string of the molecule is COc1ccc(CS(=O)(=O)NC(Cc2ccccc2)C2C=C(Cc3ccccc3)NO2)cc1. The number of nitrogens with one attached hydrogen (secondary N) is 2. The second kappa shape index (κ2) is 10.7. The van der Waals surface area contributed by atoms with E-state index in [1.165, 1.54) is 0 Å². The van der Waals surface area contributed by atoms with Crippen molar-refractivity contribution in [2.75, 3.05) is 7.11 Å². The van der Waals surface area contributed by atoms with Gasteiger partial charge in [0.05, 0.1) is 18.9 Å². The molecule has 6 nitrogen and oxygen atoms in total. The average molecular weight is 465 g/mol. The summed E-state index contributed by atoms with van der Waals surface area (Å²) >= 11 is 0. The molecule has 0 saturated heterocycles. The zero-order valence-corrected chi connectivity index (χ0v) is 19.3. The summed E-state index contributed by atoms with van der Waals surface area (Å²) in [6.07, 6.45) is 2.73. The summed E-state index contributed by atoms with van der Waals surface area (Å²) in [5.41, 5.74) is 6.77. The number of hydrogen-bond donors (Lipinski definition) is 2. The van der Waals surface area contributed by atoms with Crippen molar-refractivity contribution >= 4 is 10.0 Å². The van der Waals surface area contributed by atoms with E-state index in [-0.39, 0.29) is 5.75 Å². The molecular formula is C26H28N2O4S. The quantitative estimate of drug-likeness (QED) is 0.478. The van der Waals surface area contributed by atoms with E-state index >= 15 is 0 Å². The van der Waals surface area contributed by atoms with E-state index in [4.69, 9.17) is 9.57 Å². The summed E-state index contributed by atoms with van der Waals surface area (Å²) in [5.74, 6) is 0.566. The highest BCUT2D eigenvalue weighted by molar-refractivity contribution is 7.88. The molecule has 2 N–H and O–H groups in total. The number of methoxy groups -OCH3 is 1. The van der Waals surface area contributed by atoms with Gasteiger partial charge in [-0.3, -0.25) is 10.3 Å². The van der Waals surface area contributed by atoms with Crippen LogP contribution in [0.5, 0.6) is 5.75 Å². The number of sulfonamides is 1. The molecule has 0 aliphatic carbocycles. The lowest BCUT2D eigenvalue weighted by Crippen LogP contribution is -2.45. The summed E-state index contributed by atoms with van der Waals surface area (Å²) in [6.45, 7) is 0. The fraction of sp³-hybridized carbons (Fsp3) is 0.231. The summed E-state index contributed by atoms with van der Waals surface area (Å²) in [5, 5.41) is 0. The number of rotatable bonds is 10. The zero-order valence-electron chi connectivity index (χ0n) is 18.5. The first-order valence-electron chi connectivity index (χ1n) is 10.8. The van der Waals surface area contributed by atoms with Crippen LogP contribution in [0.2, 0.25) is 0 Å². The van der Waals surface area contributed by atoms with Gasteiger partial charge in [0.1, 0.15) is 11.9 Å². The molecule has 0 saturated carbocycles. The lowest BCUT2D eigenvalue weighted by atomic mass is 10.0. The number of benzene rings is 3. The molecule has 33 heavy (non-hydrogen) atoms. The van der Waals surface area contributed by atoms with E-state index in [9.17, 15) is 8.42 Å². The van der Waals surface area contributed by atoms with Crippen molar-refractivity contribution in [1.29, 1.82) is 0 Å². The fourth-order valence-corrected chi connectivity index (χ4v) is 5.22. The van der Waals surface area contributed by atoms with Gasteiger partial charge in [-0.05, 0) is 41.3 Å². The van der Waals surface area contributed by atoms with Crippen molar-refractivity contribution < 1.29 is 18.0 Å². The number of hydroxylamine groups is 1. The highest BCUT2D eigenvalue weighted by atomic mass is 32.2. The van der Waals surface area contributed by atoms with Crippen molar-refractivity contribution in [3.63, 3.8) is 0 Å². The van der Waals surface area contributed by atoms with Gasteiger partial charge in [0.15, 0.2) is 0 Å². The molecule has 7 heteroatoms. The highest BCUT2D eigenvalue weighted by Gasteiger charge is 2.30. The van der Waals surface area contributed by atoms with Crippen LogP contribution >= 0.6 is 0 Å². The molecule has 0 fully saturated rings. The molecule has 0 spiro atoms. The third-order valence-corrected chi connectivity index (χ3v) is 6.85.